The summed E-state index contributed by atoms with van der Waals surface area (Å²) in [6.07, 6.45) is 9.08. The van der Waals surface area contributed by atoms with Crippen LogP contribution in [0.15, 0.2) is 17.4 Å². The van der Waals surface area contributed by atoms with Crippen molar-refractivity contribution in [1.29, 1.82) is 0 Å². The zero-order valence-corrected chi connectivity index (χ0v) is 11.9. The molecule has 1 fully saturated rings. The van der Waals surface area contributed by atoms with Gasteiger partial charge in [-0.1, -0.05) is 11.8 Å². The van der Waals surface area contributed by atoms with Gasteiger partial charge in [-0.15, -0.1) is 0 Å². The summed E-state index contributed by atoms with van der Waals surface area (Å²) in [6, 6.07) is 0.499. The van der Waals surface area contributed by atoms with E-state index in [2.05, 4.69) is 15.3 Å². The largest absolute Gasteiger partial charge is 0.463 e. The van der Waals surface area contributed by atoms with Gasteiger partial charge >= 0.3 is 5.97 Å². The highest BCUT2D eigenvalue weighted by Gasteiger charge is 2.22. The van der Waals surface area contributed by atoms with Crippen molar-refractivity contribution in [3.63, 3.8) is 0 Å². The molecule has 1 aliphatic rings. The van der Waals surface area contributed by atoms with Crippen molar-refractivity contribution in [3.8, 4) is 0 Å². The van der Waals surface area contributed by atoms with Crippen molar-refractivity contribution < 1.29 is 9.53 Å². The molecular formula is C13H17N3O2S. The number of esters is 1. The van der Waals surface area contributed by atoms with Crippen LogP contribution >= 0.6 is 11.8 Å². The lowest BCUT2D eigenvalue weighted by atomic mass is 10.2. The van der Waals surface area contributed by atoms with Gasteiger partial charge in [-0.05, 0) is 32.1 Å². The maximum atomic E-state index is 11.3. The molecular weight excluding hydrogens is 262 g/mol. The summed E-state index contributed by atoms with van der Waals surface area (Å²) in [6.45, 7) is 2.15. The van der Waals surface area contributed by atoms with E-state index in [9.17, 15) is 4.79 Å². The standard InChI is InChI=1S/C13H17N3O2S/c1-3-18-11(17)7-4-9-8-14-13(19-2)16-12(9)15-10-5-6-10/h4,7-8,10H,3,5-6H2,1-2H3,(H,14,15,16). The van der Waals surface area contributed by atoms with Crippen LogP contribution in [0.5, 0.6) is 0 Å². The van der Waals surface area contributed by atoms with Gasteiger partial charge in [-0.2, -0.15) is 0 Å². The number of hydrogen-bond acceptors (Lipinski definition) is 6. The highest BCUT2D eigenvalue weighted by Crippen LogP contribution is 2.26. The molecule has 0 aliphatic heterocycles. The summed E-state index contributed by atoms with van der Waals surface area (Å²) < 4.78 is 4.85. The minimum atomic E-state index is -0.353. The first-order valence-corrected chi connectivity index (χ1v) is 7.47. The number of rotatable bonds is 6. The van der Waals surface area contributed by atoms with Crippen molar-refractivity contribution in [3.05, 3.63) is 17.8 Å². The van der Waals surface area contributed by atoms with Gasteiger partial charge in [0.2, 0.25) is 0 Å². The first-order valence-electron chi connectivity index (χ1n) is 6.25. The van der Waals surface area contributed by atoms with Crippen LogP contribution in [0, 0.1) is 0 Å². The number of nitrogens with one attached hydrogen (secondary N) is 1. The summed E-state index contributed by atoms with van der Waals surface area (Å²) >= 11 is 1.49. The number of aromatic nitrogens is 2. The maximum absolute atomic E-state index is 11.3. The van der Waals surface area contributed by atoms with E-state index in [1.807, 2.05) is 6.26 Å². The van der Waals surface area contributed by atoms with Gasteiger partial charge in [0.05, 0.1) is 6.61 Å². The third kappa shape index (κ3) is 4.24. The summed E-state index contributed by atoms with van der Waals surface area (Å²) in [7, 11) is 0. The first-order chi connectivity index (χ1) is 9.22. The van der Waals surface area contributed by atoms with Crippen molar-refractivity contribution in [2.24, 2.45) is 0 Å². The van der Waals surface area contributed by atoms with Crippen LogP contribution in [0.2, 0.25) is 0 Å². The molecule has 0 saturated heterocycles. The zero-order valence-electron chi connectivity index (χ0n) is 11.0. The van der Waals surface area contributed by atoms with Crippen LogP contribution in [0.4, 0.5) is 5.82 Å². The quantitative estimate of drug-likeness (QED) is 0.373. The van der Waals surface area contributed by atoms with E-state index < -0.39 is 0 Å². The monoisotopic (exact) mass is 279 g/mol. The van der Waals surface area contributed by atoms with Crippen molar-refractivity contribution in [1.82, 2.24) is 9.97 Å². The van der Waals surface area contributed by atoms with Gasteiger partial charge in [-0.3, -0.25) is 0 Å². The van der Waals surface area contributed by atoms with E-state index in [1.165, 1.54) is 30.7 Å². The zero-order chi connectivity index (χ0) is 13.7. The SMILES string of the molecule is CCOC(=O)C=Cc1cnc(SC)nc1NC1CC1. The molecule has 0 unspecified atom stereocenters. The molecule has 1 heterocycles. The van der Waals surface area contributed by atoms with E-state index in [0.29, 0.717) is 12.6 Å². The van der Waals surface area contributed by atoms with Gasteiger partial charge < -0.3 is 10.1 Å². The fraction of sp³-hybridized carbons (Fsp3) is 0.462. The lowest BCUT2D eigenvalue weighted by molar-refractivity contribution is -0.137. The Hall–Kier alpha value is -1.56. The topological polar surface area (TPSA) is 64.1 Å². The van der Waals surface area contributed by atoms with E-state index >= 15 is 0 Å². The van der Waals surface area contributed by atoms with Crippen molar-refractivity contribution in [2.45, 2.75) is 31.0 Å². The van der Waals surface area contributed by atoms with Crippen LogP contribution < -0.4 is 5.32 Å². The lowest BCUT2D eigenvalue weighted by Gasteiger charge is -2.08. The normalized spacial score (nSPS) is 14.6. The van der Waals surface area contributed by atoms with Crippen LogP contribution in [0.3, 0.4) is 0 Å². The Morgan fingerprint density at radius 1 is 1.63 bits per heavy atom. The molecule has 1 N–H and O–H groups in total. The van der Waals surface area contributed by atoms with Crippen LogP contribution in [0.25, 0.3) is 6.08 Å². The lowest BCUT2D eigenvalue weighted by Crippen LogP contribution is -2.06. The highest BCUT2D eigenvalue weighted by molar-refractivity contribution is 7.98. The second-order valence-corrected chi connectivity index (χ2v) is 4.94. The number of carbonyl (C=O) groups excluding carboxylic acids is 1. The molecule has 102 valence electrons. The second-order valence-electron chi connectivity index (χ2n) is 4.16. The van der Waals surface area contributed by atoms with Gasteiger partial charge in [0.1, 0.15) is 5.82 Å². The van der Waals surface area contributed by atoms with E-state index in [1.54, 1.807) is 19.2 Å². The van der Waals surface area contributed by atoms with E-state index in [-0.39, 0.29) is 5.97 Å². The third-order valence-electron chi connectivity index (χ3n) is 2.58. The minimum Gasteiger partial charge on any atom is -0.463 e. The molecule has 0 amide bonds. The summed E-state index contributed by atoms with van der Waals surface area (Å²) in [5.74, 6) is 0.427. The molecule has 6 heteroatoms. The molecule has 1 aromatic rings. The van der Waals surface area contributed by atoms with Gasteiger partial charge in [0, 0.05) is 23.9 Å². The summed E-state index contributed by atoms with van der Waals surface area (Å²) in [5.41, 5.74) is 0.803. The van der Waals surface area contributed by atoms with E-state index in [4.69, 9.17) is 4.74 Å². The molecule has 0 radical (unpaired) electrons. The van der Waals surface area contributed by atoms with Crippen molar-refractivity contribution in [2.75, 3.05) is 18.2 Å². The fourth-order valence-corrected chi connectivity index (χ4v) is 1.82. The number of anilines is 1. The Labute approximate surface area is 116 Å². The summed E-state index contributed by atoms with van der Waals surface area (Å²) in [5, 5.41) is 4.07. The predicted molar refractivity (Wildman–Crippen MR) is 76.1 cm³/mol. The number of hydrogen-bond donors (Lipinski definition) is 1. The van der Waals surface area contributed by atoms with Crippen LogP contribution in [-0.2, 0) is 9.53 Å². The Bertz CT molecular complexity index is 487. The number of nitrogens with zero attached hydrogens (tertiary/aromatic N) is 2. The molecule has 0 atom stereocenters. The maximum Gasteiger partial charge on any atom is 0.330 e. The Kier molecular flexibility index (Phi) is 4.79. The van der Waals surface area contributed by atoms with E-state index in [0.717, 1.165) is 16.5 Å². The molecule has 1 aliphatic carbocycles. The molecule has 0 spiro atoms. The van der Waals surface area contributed by atoms with Gasteiger partial charge in [0.15, 0.2) is 5.16 Å². The smallest absolute Gasteiger partial charge is 0.330 e. The van der Waals surface area contributed by atoms with Gasteiger partial charge in [-0.25, -0.2) is 14.8 Å². The highest BCUT2D eigenvalue weighted by atomic mass is 32.2. The molecule has 0 aromatic carbocycles. The Morgan fingerprint density at radius 2 is 2.42 bits per heavy atom. The average molecular weight is 279 g/mol. The molecule has 1 aromatic heterocycles. The minimum absolute atomic E-state index is 0.353. The first kappa shape index (κ1) is 13.9. The fourth-order valence-electron chi connectivity index (χ4n) is 1.48. The third-order valence-corrected chi connectivity index (χ3v) is 3.14. The van der Waals surface area contributed by atoms with Crippen molar-refractivity contribution >= 4 is 29.6 Å². The number of thioether (sulfide) groups is 1. The van der Waals surface area contributed by atoms with Crippen LogP contribution in [-0.4, -0.2) is 34.8 Å². The molecule has 19 heavy (non-hydrogen) atoms. The molecule has 2 rings (SSSR count). The number of ether oxygens (including phenoxy) is 1. The Balaban J connectivity index is 2.15. The average Bonchev–Trinajstić information content (AvgIpc) is 3.21. The summed E-state index contributed by atoms with van der Waals surface area (Å²) in [4.78, 5) is 20.0. The van der Waals surface area contributed by atoms with Crippen LogP contribution in [0.1, 0.15) is 25.3 Å². The van der Waals surface area contributed by atoms with Gasteiger partial charge in [0.25, 0.3) is 0 Å². The predicted octanol–water partition coefficient (Wildman–Crippen LogP) is 2.35. The molecule has 0 bridgehead atoms. The Morgan fingerprint density at radius 3 is 3.05 bits per heavy atom. The second kappa shape index (κ2) is 6.56. The number of carbonyl (C=O) groups is 1. The molecule has 5 nitrogen and oxygen atoms in total. The molecule has 1 saturated carbocycles.